The molecule has 0 spiro atoms. The van der Waals surface area contributed by atoms with Gasteiger partial charge in [-0.05, 0) is 0 Å². The van der Waals surface area contributed by atoms with Gasteiger partial charge in [0.05, 0.1) is 12.5 Å². The molecule has 1 aromatic rings. The number of carbonyl (C=O) groups is 1. The molecule has 1 heterocycles. The second-order valence-electron chi connectivity index (χ2n) is 2.79. The largest absolute Gasteiger partial charge is 0.481 e. The Morgan fingerprint density at radius 2 is 2.50 bits per heavy atom. The number of nitrogens with zero attached hydrogens (tertiary/aromatic N) is 3. The SMILES string of the molecule is Cn1cnnc1SCC(O)CC(=O)O. The fourth-order valence-electron chi connectivity index (χ4n) is 0.835. The average Bonchev–Trinajstić information content (AvgIpc) is 2.46. The van der Waals surface area contributed by atoms with Crippen LogP contribution in [0, 0.1) is 0 Å². The Labute approximate surface area is 85.0 Å². The smallest absolute Gasteiger partial charge is 0.306 e. The molecule has 1 rings (SSSR count). The molecule has 6 nitrogen and oxygen atoms in total. The maximum atomic E-state index is 10.2. The fraction of sp³-hybridized carbons (Fsp3) is 0.571. The van der Waals surface area contributed by atoms with Gasteiger partial charge in [-0.1, -0.05) is 11.8 Å². The van der Waals surface area contributed by atoms with Crippen LogP contribution in [0.15, 0.2) is 11.5 Å². The first-order valence-electron chi connectivity index (χ1n) is 3.96. The van der Waals surface area contributed by atoms with Crippen LogP contribution in [-0.4, -0.2) is 42.8 Å². The minimum atomic E-state index is -1.00. The summed E-state index contributed by atoms with van der Waals surface area (Å²) in [6, 6.07) is 0. The summed E-state index contributed by atoms with van der Waals surface area (Å²) in [6.45, 7) is 0. The van der Waals surface area contributed by atoms with Crippen molar-refractivity contribution >= 4 is 17.7 Å². The number of hydrogen-bond donors (Lipinski definition) is 2. The zero-order chi connectivity index (χ0) is 10.6. The molecule has 2 N–H and O–H groups in total. The van der Waals surface area contributed by atoms with E-state index in [1.54, 1.807) is 17.9 Å². The Hall–Kier alpha value is -1.08. The summed E-state index contributed by atoms with van der Waals surface area (Å²) in [7, 11) is 1.78. The molecule has 14 heavy (non-hydrogen) atoms. The van der Waals surface area contributed by atoms with Crippen LogP contribution in [0.1, 0.15) is 6.42 Å². The standard InChI is InChI=1S/C7H11N3O3S/c1-10-4-8-9-7(10)14-3-5(11)2-6(12)13/h4-5,11H,2-3H2,1H3,(H,12,13). The van der Waals surface area contributed by atoms with E-state index in [4.69, 9.17) is 5.11 Å². The molecule has 0 aliphatic rings. The molecule has 0 saturated heterocycles. The lowest BCUT2D eigenvalue weighted by molar-refractivity contribution is -0.138. The van der Waals surface area contributed by atoms with Crippen molar-refractivity contribution in [1.82, 2.24) is 14.8 Å². The maximum Gasteiger partial charge on any atom is 0.306 e. The third-order valence-corrected chi connectivity index (χ3v) is 2.66. The van der Waals surface area contributed by atoms with E-state index < -0.39 is 12.1 Å². The van der Waals surface area contributed by atoms with Crippen molar-refractivity contribution in [2.24, 2.45) is 7.05 Å². The summed E-state index contributed by atoms with van der Waals surface area (Å²) in [5, 5.41) is 25.7. The van der Waals surface area contributed by atoms with Crippen molar-refractivity contribution in [3.05, 3.63) is 6.33 Å². The lowest BCUT2D eigenvalue weighted by Gasteiger charge is -2.05. The van der Waals surface area contributed by atoms with E-state index in [1.807, 2.05) is 0 Å². The molecule has 1 aromatic heterocycles. The van der Waals surface area contributed by atoms with Gasteiger partial charge < -0.3 is 14.8 Å². The van der Waals surface area contributed by atoms with Crippen molar-refractivity contribution in [3.8, 4) is 0 Å². The Morgan fingerprint density at radius 1 is 1.79 bits per heavy atom. The van der Waals surface area contributed by atoms with Gasteiger partial charge in [-0.3, -0.25) is 4.79 Å². The molecule has 7 heteroatoms. The van der Waals surface area contributed by atoms with Gasteiger partial charge in [-0.2, -0.15) is 0 Å². The molecule has 0 aliphatic carbocycles. The van der Waals surface area contributed by atoms with Crippen LogP contribution in [0.25, 0.3) is 0 Å². The molecule has 0 bridgehead atoms. The van der Waals surface area contributed by atoms with Crippen molar-refractivity contribution in [2.75, 3.05) is 5.75 Å². The Balaban J connectivity index is 2.34. The number of aryl methyl sites for hydroxylation is 1. The van der Waals surface area contributed by atoms with Crippen LogP contribution >= 0.6 is 11.8 Å². The van der Waals surface area contributed by atoms with Gasteiger partial charge in [0.15, 0.2) is 5.16 Å². The second-order valence-corrected chi connectivity index (χ2v) is 3.77. The first-order valence-corrected chi connectivity index (χ1v) is 4.95. The number of aliphatic carboxylic acids is 1. The number of carboxylic acid groups (broad SMARTS) is 1. The maximum absolute atomic E-state index is 10.2. The highest BCUT2D eigenvalue weighted by atomic mass is 32.2. The predicted molar refractivity (Wildman–Crippen MR) is 50.0 cm³/mol. The van der Waals surface area contributed by atoms with E-state index >= 15 is 0 Å². The fourth-order valence-corrected chi connectivity index (χ4v) is 1.65. The quantitative estimate of drug-likeness (QED) is 0.661. The number of hydrogen-bond acceptors (Lipinski definition) is 5. The van der Waals surface area contributed by atoms with Gasteiger partial charge >= 0.3 is 5.97 Å². The summed E-state index contributed by atoms with van der Waals surface area (Å²) >= 11 is 1.28. The summed E-state index contributed by atoms with van der Waals surface area (Å²) in [6.07, 6.45) is 0.450. The normalized spacial score (nSPS) is 12.7. The number of rotatable bonds is 5. The third-order valence-electron chi connectivity index (χ3n) is 1.48. The highest BCUT2D eigenvalue weighted by Gasteiger charge is 2.11. The molecule has 0 radical (unpaired) electrons. The van der Waals surface area contributed by atoms with E-state index in [0.717, 1.165) is 0 Å². The molecular formula is C7H11N3O3S. The summed E-state index contributed by atoms with van der Waals surface area (Å²) in [5.41, 5.74) is 0. The predicted octanol–water partition coefficient (Wildman–Crippen LogP) is -0.257. The van der Waals surface area contributed by atoms with Gasteiger partial charge in [0, 0.05) is 12.8 Å². The zero-order valence-electron chi connectivity index (χ0n) is 7.62. The van der Waals surface area contributed by atoms with Gasteiger partial charge in [-0.25, -0.2) is 0 Å². The van der Waals surface area contributed by atoms with Crippen LogP contribution in [0.2, 0.25) is 0 Å². The highest BCUT2D eigenvalue weighted by Crippen LogP contribution is 2.15. The number of aliphatic hydroxyl groups excluding tert-OH is 1. The Bertz CT molecular complexity index is 315. The monoisotopic (exact) mass is 217 g/mol. The molecule has 78 valence electrons. The highest BCUT2D eigenvalue weighted by molar-refractivity contribution is 7.99. The first kappa shape index (κ1) is 11.0. The molecular weight excluding hydrogens is 206 g/mol. The molecule has 1 unspecified atom stereocenters. The first-order chi connectivity index (χ1) is 6.59. The van der Waals surface area contributed by atoms with Crippen LogP contribution in [0.5, 0.6) is 0 Å². The third kappa shape index (κ3) is 3.35. The van der Waals surface area contributed by atoms with Crippen LogP contribution in [0.4, 0.5) is 0 Å². The Kier molecular flexibility index (Phi) is 3.90. The van der Waals surface area contributed by atoms with Gasteiger partial charge in [-0.15, -0.1) is 10.2 Å². The summed E-state index contributed by atoms with van der Waals surface area (Å²) in [5.74, 6) is -0.699. The lowest BCUT2D eigenvalue weighted by Crippen LogP contribution is -2.15. The Morgan fingerprint density at radius 3 is 3.00 bits per heavy atom. The molecule has 0 amide bonds. The number of carboxylic acids is 1. The van der Waals surface area contributed by atoms with Crippen molar-refractivity contribution in [1.29, 1.82) is 0 Å². The number of aromatic nitrogens is 3. The topological polar surface area (TPSA) is 88.2 Å². The molecule has 0 aromatic carbocycles. The lowest BCUT2D eigenvalue weighted by atomic mass is 10.3. The summed E-state index contributed by atoms with van der Waals surface area (Å²) in [4.78, 5) is 10.2. The van der Waals surface area contributed by atoms with Crippen LogP contribution in [-0.2, 0) is 11.8 Å². The molecule has 1 atom stereocenters. The minimum absolute atomic E-state index is 0.245. The number of aliphatic hydroxyl groups is 1. The summed E-state index contributed by atoms with van der Waals surface area (Å²) < 4.78 is 1.71. The van der Waals surface area contributed by atoms with E-state index in [9.17, 15) is 9.90 Å². The van der Waals surface area contributed by atoms with Crippen LogP contribution in [0.3, 0.4) is 0 Å². The minimum Gasteiger partial charge on any atom is -0.481 e. The van der Waals surface area contributed by atoms with E-state index in [0.29, 0.717) is 10.9 Å². The second kappa shape index (κ2) is 4.97. The van der Waals surface area contributed by atoms with Gasteiger partial charge in [0.2, 0.25) is 0 Å². The van der Waals surface area contributed by atoms with E-state index in [-0.39, 0.29) is 6.42 Å². The van der Waals surface area contributed by atoms with Gasteiger partial charge in [0.25, 0.3) is 0 Å². The molecule has 0 aliphatic heterocycles. The van der Waals surface area contributed by atoms with E-state index in [2.05, 4.69) is 10.2 Å². The number of thioether (sulfide) groups is 1. The average molecular weight is 217 g/mol. The van der Waals surface area contributed by atoms with Gasteiger partial charge in [0.1, 0.15) is 6.33 Å². The van der Waals surface area contributed by atoms with Crippen molar-refractivity contribution in [2.45, 2.75) is 17.7 Å². The van der Waals surface area contributed by atoms with Crippen molar-refractivity contribution in [3.63, 3.8) is 0 Å². The van der Waals surface area contributed by atoms with E-state index in [1.165, 1.54) is 11.8 Å². The molecule has 0 fully saturated rings. The zero-order valence-corrected chi connectivity index (χ0v) is 8.44. The van der Waals surface area contributed by atoms with Crippen molar-refractivity contribution < 1.29 is 15.0 Å². The van der Waals surface area contributed by atoms with Crippen LogP contribution < -0.4 is 0 Å². The molecule has 0 saturated carbocycles.